The van der Waals surface area contributed by atoms with Gasteiger partial charge in [-0.3, -0.25) is 0 Å². The zero-order valence-electron chi connectivity index (χ0n) is 11.6. The predicted octanol–water partition coefficient (Wildman–Crippen LogP) is 2.14. The van der Waals surface area contributed by atoms with Crippen LogP contribution in [-0.4, -0.2) is 35.5 Å². The molecule has 1 heterocycles. The van der Waals surface area contributed by atoms with Gasteiger partial charge in [-0.1, -0.05) is 6.92 Å². The van der Waals surface area contributed by atoms with Crippen LogP contribution in [0.4, 0.5) is 0 Å². The largest absolute Gasteiger partial charge is 0.389 e. The van der Waals surface area contributed by atoms with E-state index in [9.17, 15) is 5.11 Å². The first kappa shape index (κ1) is 15.6. The fraction of sp³-hybridized carbons (Fsp3) is 0.769. The molecule has 2 unspecified atom stereocenters. The molecule has 1 aromatic heterocycles. The molecule has 2 atom stereocenters. The summed E-state index contributed by atoms with van der Waals surface area (Å²) in [6.07, 6.45) is 2.63. The molecule has 0 aliphatic carbocycles. The molecule has 0 aromatic carbocycles. The third-order valence-electron chi connectivity index (χ3n) is 2.57. The standard InChI is InChI=1S/C13H24N2O2S/c1-5-12-7-15-13(18-12)10(4)14-6-11(16)8-17-9(2)3/h7,9-11,14,16H,5-6,8H2,1-4H3. The quantitative estimate of drug-likeness (QED) is 0.761. The van der Waals surface area contributed by atoms with E-state index in [2.05, 4.69) is 24.1 Å². The lowest BCUT2D eigenvalue weighted by atomic mass is 10.3. The Balaban J connectivity index is 2.29. The average Bonchev–Trinajstić information content (AvgIpc) is 2.82. The summed E-state index contributed by atoms with van der Waals surface area (Å²) in [5, 5.41) is 14.1. The number of hydrogen-bond donors (Lipinski definition) is 2. The van der Waals surface area contributed by atoms with Crippen molar-refractivity contribution < 1.29 is 9.84 Å². The number of nitrogens with one attached hydrogen (secondary N) is 1. The van der Waals surface area contributed by atoms with Gasteiger partial charge in [-0.05, 0) is 27.2 Å². The summed E-state index contributed by atoms with van der Waals surface area (Å²) in [7, 11) is 0. The minimum absolute atomic E-state index is 0.156. The minimum Gasteiger partial charge on any atom is -0.389 e. The van der Waals surface area contributed by atoms with Crippen LogP contribution in [0.15, 0.2) is 6.20 Å². The first-order valence-corrected chi connectivity index (χ1v) is 7.32. The van der Waals surface area contributed by atoms with Gasteiger partial charge in [-0.2, -0.15) is 0 Å². The summed E-state index contributed by atoms with van der Waals surface area (Å²) in [5.74, 6) is 0. The lowest BCUT2D eigenvalue weighted by Gasteiger charge is -2.16. The molecule has 0 amide bonds. The third kappa shape index (κ3) is 5.44. The Labute approximate surface area is 113 Å². The summed E-state index contributed by atoms with van der Waals surface area (Å²) in [6.45, 7) is 9.01. The third-order valence-corrected chi connectivity index (χ3v) is 3.90. The van der Waals surface area contributed by atoms with Crippen molar-refractivity contribution in [2.75, 3.05) is 13.2 Å². The zero-order valence-corrected chi connectivity index (χ0v) is 12.5. The van der Waals surface area contributed by atoms with Gasteiger partial charge in [0.2, 0.25) is 0 Å². The van der Waals surface area contributed by atoms with Gasteiger partial charge in [0, 0.05) is 17.6 Å². The van der Waals surface area contributed by atoms with Gasteiger partial charge in [0.1, 0.15) is 5.01 Å². The first-order valence-electron chi connectivity index (χ1n) is 6.50. The van der Waals surface area contributed by atoms with Crippen LogP contribution in [0.3, 0.4) is 0 Å². The van der Waals surface area contributed by atoms with E-state index in [1.54, 1.807) is 11.3 Å². The van der Waals surface area contributed by atoms with Crippen LogP contribution < -0.4 is 5.32 Å². The molecular formula is C13H24N2O2S. The fourth-order valence-corrected chi connectivity index (χ4v) is 2.33. The monoisotopic (exact) mass is 272 g/mol. The number of ether oxygens (including phenoxy) is 1. The first-order chi connectivity index (χ1) is 8.52. The number of aryl methyl sites for hydroxylation is 1. The van der Waals surface area contributed by atoms with Gasteiger partial charge in [0.05, 0.1) is 24.9 Å². The second-order valence-electron chi connectivity index (χ2n) is 4.68. The Morgan fingerprint density at radius 3 is 2.72 bits per heavy atom. The molecule has 0 saturated heterocycles. The number of aromatic nitrogens is 1. The van der Waals surface area contributed by atoms with Crippen molar-refractivity contribution in [3.63, 3.8) is 0 Å². The van der Waals surface area contributed by atoms with Crippen molar-refractivity contribution in [2.24, 2.45) is 0 Å². The highest BCUT2D eigenvalue weighted by Crippen LogP contribution is 2.19. The highest BCUT2D eigenvalue weighted by molar-refractivity contribution is 7.11. The molecule has 0 radical (unpaired) electrons. The van der Waals surface area contributed by atoms with E-state index < -0.39 is 6.10 Å². The molecule has 0 aliphatic rings. The predicted molar refractivity (Wildman–Crippen MR) is 75.0 cm³/mol. The number of nitrogens with zero attached hydrogens (tertiary/aromatic N) is 1. The van der Waals surface area contributed by atoms with E-state index in [-0.39, 0.29) is 12.1 Å². The van der Waals surface area contributed by atoms with Gasteiger partial charge in [0.15, 0.2) is 0 Å². The highest BCUT2D eigenvalue weighted by Gasteiger charge is 2.12. The van der Waals surface area contributed by atoms with Crippen LogP contribution in [0.25, 0.3) is 0 Å². The van der Waals surface area contributed by atoms with Crippen molar-refractivity contribution in [2.45, 2.75) is 52.4 Å². The van der Waals surface area contributed by atoms with Gasteiger partial charge >= 0.3 is 0 Å². The SMILES string of the molecule is CCc1cnc(C(C)NCC(O)COC(C)C)s1. The molecule has 4 nitrogen and oxygen atoms in total. The summed E-state index contributed by atoms with van der Waals surface area (Å²) in [4.78, 5) is 5.68. The van der Waals surface area contributed by atoms with Crippen LogP contribution >= 0.6 is 11.3 Å². The number of aliphatic hydroxyl groups is 1. The number of rotatable bonds is 8. The van der Waals surface area contributed by atoms with Crippen LogP contribution in [0, 0.1) is 0 Å². The number of aliphatic hydroxyl groups excluding tert-OH is 1. The topological polar surface area (TPSA) is 54.4 Å². The summed E-state index contributed by atoms with van der Waals surface area (Å²) in [6, 6.07) is 0.170. The van der Waals surface area contributed by atoms with Crippen molar-refractivity contribution in [3.8, 4) is 0 Å². The molecule has 0 fully saturated rings. The van der Waals surface area contributed by atoms with Crippen LogP contribution in [-0.2, 0) is 11.2 Å². The zero-order chi connectivity index (χ0) is 13.5. The number of thiazole rings is 1. The van der Waals surface area contributed by atoms with Gasteiger partial charge in [0.25, 0.3) is 0 Å². The fourth-order valence-electron chi connectivity index (χ4n) is 1.45. The van der Waals surface area contributed by atoms with Gasteiger partial charge in [-0.15, -0.1) is 11.3 Å². The lowest BCUT2D eigenvalue weighted by Crippen LogP contribution is -2.32. The van der Waals surface area contributed by atoms with Crippen molar-refractivity contribution in [3.05, 3.63) is 16.1 Å². The molecule has 1 aromatic rings. The molecule has 0 saturated carbocycles. The van der Waals surface area contributed by atoms with E-state index >= 15 is 0 Å². The summed E-state index contributed by atoms with van der Waals surface area (Å²) in [5.41, 5.74) is 0. The van der Waals surface area contributed by atoms with Crippen LogP contribution in [0.2, 0.25) is 0 Å². The Hall–Kier alpha value is -0.490. The van der Waals surface area contributed by atoms with E-state index in [1.165, 1.54) is 4.88 Å². The van der Waals surface area contributed by atoms with Gasteiger partial charge in [-0.25, -0.2) is 4.98 Å². The Morgan fingerprint density at radius 1 is 1.44 bits per heavy atom. The molecule has 18 heavy (non-hydrogen) atoms. The van der Waals surface area contributed by atoms with Crippen molar-refractivity contribution in [1.29, 1.82) is 0 Å². The van der Waals surface area contributed by atoms with E-state index in [1.807, 2.05) is 20.0 Å². The molecule has 0 aliphatic heterocycles. The number of hydrogen-bond acceptors (Lipinski definition) is 5. The second-order valence-corrected chi connectivity index (χ2v) is 5.83. The molecule has 0 spiro atoms. The maximum Gasteiger partial charge on any atom is 0.109 e. The second kappa shape index (κ2) is 7.84. The van der Waals surface area contributed by atoms with Crippen molar-refractivity contribution in [1.82, 2.24) is 10.3 Å². The van der Waals surface area contributed by atoms with Gasteiger partial charge < -0.3 is 15.2 Å². The Morgan fingerprint density at radius 2 is 2.17 bits per heavy atom. The lowest BCUT2D eigenvalue weighted by molar-refractivity contribution is 0.00560. The summed E-state index contributed by atoms with van der Waals surface area (Å²) >= 11 is 1.72. The summed E-state index contributed by atoms with van der Waals surface area (Å²) < 4.78 is 5.36. The maximum absolute atomic E-state index is 9.74. The normalized spacial score (nSPS) is 15.0. The molecule has 0 bridgehead atoms. The van der Waals surface area contributed by atoms with E-state index in [0.717, 1.165) is 11.4 Å². The molecule has 1 rings (SSSR count). The van der Waals surface area contributed by atoms with Crippen LogP contribution in [0.1, 0.15) is 43.6 Å². The Kier molecular flexibility index (Phi) is 6.78. The average molecular weight is 272 g/mol. The highest BCUT2D eigenvalue weighted by atomic mass is 32.1. The minimum atomic E-state index is -0.472. The smallest absolute Gasteiger partial charge is 0.109 e. The molecule has 2 N–H and O–H groups in total. The molecule has 104 valence electrons. The molecule has 5 heteroatoms. The van der Waals surface area contributed by atoms with Crippen LogP contribution in [0.5, 0.6) is 0 Å². The van der Waals surface area contributed by atoms with E-state index in [4.69, 9.17) is 4.74 Å². The molecular weight excluding hydrogens is 248 g/mol. The maximum atomic E-state index is 9.74. The Bertz CT molecular complexity index is 341. The van der Waals surface area contributed by atoms with E-state index in [0.29, 0.717) is 13.2 Å². The van der Waals surface area contributed by atoms with Crippen molar-refractivity contribution >= 4 is 11.3 Å².